The molecule has 0 aliphatic rings. The Morgan fingerprint density at radius 1 is 1.39 bits per heavy atom. The van der Waals surface area contributed by atoms with Crippen molar-refractivity contribution in [1.29, 1.82) is 0 Å². The highest BCUT2D eigenvalue weighted by Crippen LogP contribution is 2.24. The predicted octanol–water partition coefficient (Wildman–Crippen LogP) is 2.50. The summed E-state index contributed by atoms with van der Waals surface area (Å²) in [5.74, 6) is 0. The number of amides is 2. The number of carbonyl (C=O) groups is 1. The summed E-state index contributed by atoms with van der Waals surface area (Å²) in [6.07, 6.45) is 0.817. The molecule has 0 heterocycles. The normalized spacial score (nSPS) is 14.3. The number of hydrogen-bond acceptors (Lipinski definition) is 2. The largest absolute Gasteiger partial charge is 0.352 e. The number of carbonyl (C=O) groups excluding carboxylic acids is 1. The third kappa shape index (κ3) is 4.66. The van der Waals surface area contributed by atoms with Crippen molar-refractivity contribution in [3.8, 4) is 0 Å². The van der Waals surface area contributed by atoms with Crippen LogP contribution in [-0.2, 0) is 0 Å². The summed E-state index contributed by atoms with van der Waals surface area (Å²) < 4.78 is 1.06. The van der Waals surface area contributed by atoms with Gasteiger partial charge in [0.05, 0.1) is 0 Å². The van der Waals surface area contributed by atoms with Gasteiger partial charge < -0.3 is 16.0 Å². The van der Waals surface area contributed by atoms with Crippen LogP contribution in [0.25, 0.3) is 0 Å². The zero-order valence-corrected chi connectivity index (χ0v) is 12.6. The molecule has 18 heavy (non-hydrogen) atoms. The SMILES string of the molecule is CC(CC(c1ccc(Br)cc1)N(C)C)NC(N)=O. The maximum absolute atomic E-state index is 10.8. The van der Waals surface area contributed by atoms with Gasteiger partial charge in [-0.3, -0.25) is 0 Å². The molecule has 0 aromatic heterocycles. The van der Waals surface area contributed by atoms with E-state index in [0.29, 0.717) is 0 Å². The molecule has 2 amide bonds. The van der Waals surface area contributed by atoms with E-state index >= 15 is 0 Å². The first kappa shape index (κ1) is 15.0. The monoisotopic (exact) mass is 313 g/mol. The molecule has 100 valence electrons. The van der Waals surface area contributed by atoms with Crippen molar-refractivity contribution in [2.75, 3.05) is 14.1 Å². The summed E-state index contributed by atoms with van der Waals surface area (Å²) in [6.45, 7) is 1.96. The molecule has 1 rings (SSSR count). The van der Waals surface area contributed by atoms with E-state index in [-0.39, 0.29) is 12.1 Å². The molecule has 1 aromatic rings. The third-order valence-corrected chi connectivity index (χ3v) is 3.37. The van der Waals surface area contributed by atoms with Crippen LogP contribution >= 0.6 is 15.9 Å². The van der Waals surface area contributed by atoms with E-state index in [9.17, 15) is 4.79 Å². The van der Waals surface area contributed by atoms with E-state index in [2.05, 4.69) is 38.3 Å². The topological polar surface area (TPSA) is 58.4 Å². The van der Waals surface area contributed by atoms with E-state index in [1.54, 1.807) is 0 Å². The van der Waals surface area contributed by atoms with Crippen LogP contribution in [0.5, 0.6) is 0 Å². The van der Waals surface area contributed by atoms with Gasteiger partial charge in [-0.1, -0.05) is 28.1 Å². The van der Waals surface area contributed by atoms with Crippen LogP contribution in [0.4, 0.5) is 4.79 Å². The van der Waals surface area contributed by atoms with E-state index in [0.717, 1.165) is 10.9 Å². The predicted molar refractivity (Wildman–Crippen MR) is 77.4 cm³/mol. The molecule has 5 heteroatoms. The van der Waals surface area contributed by atoms with Crippen molar-refractivity contribution in [3.63, 3.8) is 0 Å². The second-order valence-electron chi connectivity index (χ2n) is 4.68. The van der Waals surface area contributed by atoms with Crippen molar-refractivity contribution < 1.29 is 4.79 Å². The van der Waals surface area contributed by atoms with Gasteiger partial charge in [-0.15, -0.1) is 0 Å². The van der Waals surface area contributed by atoms with Crippen LogP contribution in [0.15, 0.2) is 28.7 Å². The van der Waals surface area contributed by atoms with Crippen LogP contribution in [0.1, 0.15) is 24.9 Å². The van der Waals surface area contributed by atoms with Crippen molar-refractivity contribution in [3.05, 3.63) is 34.3 Å². The lowest BCUT2D eigenvalue weighted by Crippen LogP contribution is -2.39. The highest BCUT2D eigenvalue weighted by molar-refractivity contribution is 9.10. The molecule has 1 aromatic carbocycles. The van der Waals surface area contributed by atoms with Crippen molar-refractivity contribution in [2.45, 2.75) is 25.4 Å². The summed E-state index contributed by atoms with van der Waals surface area (Å²) in [6, 6.07) is 8.04. The van der Waals surface area contributed by atoms with Gasteiger partial charge in [0.1, 0.15) is 0 Å². The lowest BCUT2D eigenvalue weighted by Gasteiger charge is -2.27. The lowest BCUT2D eigenvalue weighted by atomic mass is 9.99. The van der Waals surface area contributed by atoms with Crippen LogP contribution in [-0.4, -0.2) is 31.1 Å². The minimum absolute atomic E-state index is 0.0403. The first-order valence-electron chi connectivity index (χ1n) is 5.88. The second kappa shape index (κ2) is 6.75. The number of nitrogens with zero attached hydrogens (tertiary/aromatic N) is 1. The van der Waals surface area contributed by atoms with Crippen molar-refractivity contribution in [2.24, 2.45) is 5.73 Å². The maximum atomic E-state index is 10.8. The Hall–Kier alpha value is -1.07. The first-order valence-corrected chi connectivity index (χ1v) is 6.67. The maximum Gasteiger partial charge on any atom is 0.312 e. The number of rotatable bonds is 5. The standard InChI is InChI=1S/C13H20BrN3O/c1-9(16-13(15)18)8-12(17(2)3)10-4-6-11(14)7-5-10/h4-7,9,12H,8H2,1-3H3,(H3,15,16,18). The number of urea groups is 1. The minimum Gasteiger partial charge on any atom is -0.352 e. The van der Waals surface area contributed by atoms with Gasteiger partial charge in [-0.05, 0) is 45.1 Å². The summed E-state index contributed by atoms with van der Waals surface area (Å²) in [7, 11) is 4.06. The number of benzene rings is 1. The lowest BCUT2D eigenvalue weighted by molar-refractivity contribution is 0.235. The summed E-state index contributed by atoms with van der Waals surface area (Å²) in [4.78, 5) is 13.0. The van der Waals surface area contributed by atoms with E-state index in [1.165, 1.54) is 5.56 Å². The average molecular weight is 314 g/mol. The Labute approximate surface area is 117 Å². The Balaban J connectivity index is 2.77. The van der Waals surface area contributed by atoms with E-state index in [1.807, 2.05) is 33.2 Å². The Bertz CT molecular complexity index is 392. The number of hydrogen-bond donors (Lipinski definition) is 2. The van der Waals surface area contributed by atoms with Gasteiger partial charge in [0.25, 0.3) is 0 Å². The first-order chi connectivity index (χ1) is 8.40. The number of nitrogens with two attached hydrogens (primary N) is 1. The molecule has 0 radical (unpaired) electrons. The quantitative estimate of drug-likeness (QED) is 0.877. The third-order valence-electron chi connectivity index (χ3n) is 2.84. The van der Waals surface area contributed by atoms with Crippen LogP contribution in [0.3, 0.4) is 0 Å². The Morgan fingerprint density at radius 2 is 1.94 bits per heavy atom. The Kier molecular flexibility index (Phi) is 5.62. The highest BCUT2D eigenvalue weighted by Gasteiger charge is 2.18. The molecule has 3 N–H and O–H groups in total. The molecule has 0 spiro atoms. The molecule has 0 fully saturated rings. The van der Waals surface area contributed by atoms with Gasteiger partial charge >= 0.3 is 6.03 Å². The zero-order valence-electron chi connectivity index (χ0n) is 11.0. The summed E-state index contributed by atoms with van der Waals surface area (Å²) in [5.41, 5.74) is 6.36. The molecular weight excluding hydrogens is 294 g/mol. The molecule has 2 unspecified atom stereocenters. The van der Waals surface area contributed by atoms with E-state index < -0.39 is 6.03 Å². The van der Waals surface area contributed by atoms with Crippen LogP contribution in [0.2, 0.25) is 0 Å². The molecular formula is C13H20BrN3O. The summed E-state index contributed by atoms with van der Waals surface area (Å²) in [5, 5.41) is 2.71. The molecule has 0 aliphatic heterocycles. The van der Waals surface area contributed by atoms with Crippen LogP contribution < -0.4 is 11.1 Å². The fourth-order valence-electron chi connectivity index (χ4n) is 1.97. The van der Waals surface area contributed by atoms with Crippen molar-refractivity contribution >= 4 is 22.0 Å². The summed E-state index contributed by atoms with van der Waals surface area (Å²) >= 11 is 3.43. The Morgan fingerprint density at radius 3 is 2.39 bits per heavy atom. The number of nitrogens with one attached hydrogen (secondary N) is 1. The van der Waals surface area contributed by atoms with Gasteiger partial charge in [-0.2, -0.15) is 0 Å². The number of halogens is 1. The van der Waals surface area contributed by atoms with Crippen molar-refractivity contribution in [1.82, 2.24) is 10.2 Å². The second-order valence-corrected chi connectivity index (χ2v) is 5.59. The van der Waals surface area contributed by atoms with Gasteiger partial charge in [0.15, 0.2) is 0 Å². The molecule has 0 saturated carbocycles. The molecule has 0 bridgehead atoms. The van der Waals surface area contributed by atoms with Gasteiger partial charge in [-0.25, -0.2) is 4.79 Å². The fourth-order valence-corrected chi connectivity index (χ4v) is 2.23. The zero-order chi connectivity index (χ0) is 13.7. The molecule has 0 aliphatic carbocycles. The smallest absolute Gasteiger partial charge is 0.312 e. The fraction of sp³-hybridized carbons (Fsp3) is 0.462. The minimum atomic E-state index is -0.476. The van der Waals surface area contributed by atoms with Gasteiger partial charge in [0.2, 0.25) is 0 Å². The average Bonchev–Trinajstić information content (AvgIpc) is 2.26. The molecule has 2 atom stereocenters. The van der Waals surface area contributed by atoms with Gasteiger partial charge in [0, 0.05) is 16.6 Å². The molecule has 4 nitrogen and oxygen atoms in total. The highest BCUT2D eigenvalue weighted by atomic mass is 79.9. The van der Waals surface area contributed by atoms with E-state index in [4.69, 9.17) is 5.73 Å². The number of primary amides is 1. The molecule has 0 saturated heterocycles. The van der Waals surface area contributed by atoms with Crippen LogP contribution in [0, 0.1) is 0 Å².